The lowest BCUT2D eigenvalue weighted by Gasteiger charge is -2.18. The second-order valence-corrected chi connectivity index (χ2v) is 14.6. The van der Waals surface area contributed by atoms with E-state index in [1.165, 1.54) is 103 Å². The lowest BCUT2D eigenvalue weighted by molar-refractivity contribution is -0.167. The van der Waals surface area contributed by atoms with Crippen molar-refractivity contribution in [3.63, 3.8) is 0 Å². The first-order chi connectivity index (χ1) is 25.0. The van der Waals surface area contributed by atoms with Gasteiger partial charge in [-0.2, -0.15) is 0 Å². The summed E-state index contributed by atoms with van der Waals surface area (Å²) in [6.07, 6.45) is 43.0. The average Bonchev–Trinajstić information content (AvgIpc) is 3.12. The van der Waals surface area contributed by atoms with Crippen LogP contribution in [-0.4, -0.2) is 37.2 Å². The molecule has 0 heterocycles. The number of hydrogen-bond acceptors (Lipinski definition) is 6. The molecular weight excluding hydrogens is 636 g/mol. The van der Waals surface area contributed by atoms with Crippen LogP contribution in [0.5, 0.6) is 0 Å². The molecule has 0 aromatic carbocycles. The second-order valence-electron chi connectivity index (χ2n) is 14.6. The Kier molecular flexibility index (Phi) is 39.0. The molecule has 0 aliphatic rings. The molecule has 0 saturated carbocycles. The highest BCUT2D eigenvalue weighted by molar-refractivity contribution is 5.71. The van der Waals surface area contributed by atoms with Gasteiger partial charge in [-0.15, -0.1) is 0 Å². The van der Waals surface area contributed by atoms with Crippen LogP contribution in [0.3, 0.4) is 0 Å². The van der Waals surface area contributed by atoms with Crippen molar-refractivity contribution in [1.29, 1.82) is 0 Å². The smallest absolute Gasteiger partial charge is 0.306 e. The molecule has 1 unspecified atom stereocenters. The molecule has 6 nitrogen and oxygen atoms in total. The Morgan fingerprint density at radius 3 is 1.18 bits per heavy atom. The van der Waals surface area contributed by atoms with Gasteiger partial charge in [0.1, 0.15) is 13.2 Å². The molecular formula is C45H82O6. The van der Waals surface area contributed by atoms with Crippen molar-refractivity contribution >= 4 is 17.9 Å². The average molecular weight is 719 g/mol. The van der Waals surface area contributed by atoms with Crippen LogP contribution < -0.4 is 0 Å². The lowest BCUT2D eigenvalue weighted by Crippen LogP contribution is -2.30. The van der Waals surface area contributed by atoms with Gasteiger partial charge in [0.05, 0.1) is 0 Å². The summed E-state index contributed by atoms with van der Waals surface area (Å²) in [4.78, 5) is 37.6. The maximum atomic E-state index is 12.7. The van der Waals surface area contributed by atoms with E-state index in [0.29, 0.717) is 19.3 Å². The third kappa shape index (κ3) is 38.9. The van der Waals surface area contributed by atoms with Crippen molar-refractivity contribution in [3.8, 4) is 0 Å². The van der Waals surface area contributed by atoms with E-state index in [2.05, 4.69) is 45.1 Å². The molecule has 0 aliphatic heterocycles. The van der Waals surface area contributed by atoms with Gasteiger partial charge in [-0.05, 0) is 44.9 Å². The first-order valence-electron chi connectivity index (χ1n) is 21.8. The van der Waals surface area contributed by atoms with E-state index >= 15 is 0 Å². The maximum Gasteiger partial charge on any atom is 0.306 e. The van der Waals surface area contributed by atoms with Crippen LogP contribution in [0.1, 0.15) is 226 Å². The number of carbonyl (C=O) groups excluding carboxylic acids is 3. The topological polar surface area (TPSA) is 78.9 Å². The molecule has 0 N–H and O–H groups in total. The van der Waals surface area contributed by atoms with Crippen molar-refractivity contribution in [3.05, 3.63) is 24.3 Å². The van der Waals surface area contributed by atoms with Gasteiger partial charge < -0.3 is 14.2 Å². The van der Waals surface area contributed by atoms with Crippen LogP contribution in [0.2, 0.25) is 0 Å². The van der Waals surface area contributed by atoms with E-state index in [4.69, 9.17) is 14.2 Å². The van der Waals surface area contributed by atoms with Gasteiger partial charge in [0.15, 0.2) is 6.10 Å². The normalized spacial score (nSPS) is 12.1. The summed E-state index contributed by atoms with van der Waals surface area (Å²) >= 11 is 0. The number of rotatable bonds is 39. The Hall–Kier alpha value is -2.11. The SMILES string of the molecule is CC/C=C\C/C=C\CCCCCCCC(=O)OCC(COC(=O)CCCCCCCCCCCC)OC(=O)CCCCCCCCCCCCC. The Bertz CT molecular complexity index is 835. The zero-order valence-electron chi connectivity index (χ0n) is 33.9. The third-order valence-corrected chi connectivity index (χ3v) is 9.47. The zero-order chi connectivity index (χ0) is 37.3. The molecule has 6 heteroatoms. The van der Waals surface area contributed by atoms with Crippen molar-refractivity contribution in [1.82, 2.24) is 0 Å². The largest absolute Gasteiger partial charge is 0.462 e. The zero-order valence-corrected chi connectivity index (χ0v) is 33.9. The second kappa shape index (κ2) is 40.7. The Morgan fingerprint density at radius 2 is 0.765 bits per heavy atom. The molecule has 51 heavy (non-hydrogen) atoms. The molecule has 0 aromatic heterocycles. The lowest BCUT2D eigenvalue weighted by atomic mass is 10.1. The molecule has 1 atom stereocenters. The van der Waals surface area contributed by atoms with Crippen LogP contribution in [0.4, 0.5) is 0 Å². The Balaban J connectivity index is 4.37. The van der Waals surface area contributed by atoms with Gasteiger partial charge in [0.2, 0.25) is 0 Å². The van der Waals surface area contributed by atoms with Crippen LogP contribution in [-0.2, 0) is 28.6 Å². The van der Waals surface area contributed by atoms with E-state index < -0.39 is 6.10 Å². The number of esters is 3. The predicted octanol–water partition coefficient (Wildman–Crippen LogP) is 13.6. The fraction of sp³-hybridized carbons (Fsp3) is 0.844. The molecule has 0 bridgehead atoms. The van der Waals surface area contributed by atoms with E-state index in [-0.39, 0.29) is 31.1 Å². The van der Waals surface area contributed by atoms with Crippen molar-refractivity contribution in [2.75, 3.05) is 13.2 Å². The summed E-state index contributed by atoms with van der Waals surface area (Å²) in [6.45, 7) is 6.49. The van der Waals surface area contributed by atoms with Gasteiger partial charge in [0.25, 0.3) is 0 Å². The Morgan fingerprint density at radius 1 is 0.412 bits per heavy atom. The minimum atomic E-state index is -0.767. The summed E-state index contributed by atoms with van der Waals surface area (Å²) in [5.41, 5.74) is 0. The number of allylic oxidation sites excluding steroid dienone is 4. The number of carbonyl (C=O) groups is 3. The number of unbranched alkanes of at least 4 members (excludes halogenated alkanes) is 24. The van der Waals surface area contributed by atoms with Gasteiger partial charge in [-0.1, -0.05) is 186 Å². The molecule has 0 aromatic rings. The summed E-state index contributed by atoms with van der Waals surface area (Å²) < 4.78 is 16.6. The van der Waals surface area contributed by atoms with Crippen molar-refractivity contribution in [2.24, 2.45) is 0 Å². The van der Waals surface area contributed by atoms with Gasteiger partial charge in [-0.3, -0.25) is 14.4 Å². The van der Waals surface area contributed by atoms with E-state index in [1.54, 1.807) is 0 Å². The number of ether oxygens (including phenoxy) is 3. The molecule has 0 rings (SSSR count). The van der Waals surface area contributed by atoms with Gasteiger partial charge >= 0.3 is 17.9 Å². The highest BCUT2D eigenvalue weighted by Gasteiger charge is 2.19. The minimum absolute atomic E-state index is 0.0722. The molecule has 0 fully saturated rings. The molecule has 0 spiro atoms. The van der Waals surface area contributed by atoms with E-state index in [9.17, 15) is 14.4 Å². The molecule has 0 amide bonds. The predicted molar refractivity (Wildman–Crippen MR) is 215 cm³/mol. The molecule has 298 valence electrons. The number of hydrogen-bond donors (Lipinski definition) is 0. The molecule has 0 radical (unpaired) electrons. The quantitative estimate of drug-likeness (QED) is 0.0272. The van der Waals surface area contributed by atoms with E-state index in [0.717, 1.165) is 83.5 Å². The van der Waals surface area contributed by atoms with E-state index in [1.807, 2.05) is 0 Å². The summed E-state index contributed by atoms with van der Waals surface area (Å²) in [5, 5.41) is 0. The van der Waals surface area contributed by atoms with Crippen LogP contribution in [0.25, 0.3) is 0 Å². The first-order valence-corrected chi connectivity index (χ1v) is 21.8. The molecule has 0 saturated heterocycles. The van der Waals surface area contributed by atoms with Crippen LogP contribution in [0, 0.1) is 0 Å². The third-order valence-electron chi connectivity index (χ3n) is 9.47. The fourth-order valence-corrected chi connectivity index (χ4v) is 6.18. The van der Waals surface area contributed by atoms with Gasteiger partial charge in [0, 0.05) is 19.3 Å². The summed E-state index contributed by atoms with van der Waals surface area (Å²) in [5.74, 6) is -0.887. The van der Waals surface area contributed by atoms with Crippen LogP contribution >= 0.6 is 0 Å². The highest BCUT2D eigenvalue weighted by atomic mass is 16.6. The Labute approximate surface area is 315 Å². The van der Waals surface area contributed by atoms with Crippen molar-refractivity contribution < 1.29 is 28.6 Å². The summed E-state index contributed by atoms with van der Waals surface area (Å²) in [6, 6.07) is 0. The standard InChI is InChI=1S/C45H82O6/c1-4-7-10-13-16-19-22-24-26-29-32-35-38-44(47)50-41-42(40-49-43(46)37-34-31-28-25-21-18-15-12-9-6-3)51-45(48)39-36-33-30-27-23-20-17-14-11-8-5-2/h7,10,16,19,42H,4-6,8-9,11-15,17-18,20-41H2,1-3H3/b10-7-,19-16-. The minimum Gasteiger partial charge on any atom is -0.462 e. The highest BCUT2D eigenvalue weighted by Crippen LogP contribution is 2.14. The van der Waals surface area contributed by atoms with Gasteiger partial charge in [-0.25, -0.2) is 0 Å². The first kappa shape index (κ1) is 48.9. The van der Waals surface area contributed by atoms with Crippen molar-refractivity contribution in [2.45, 2.75) is 232 Å². The maximum absolute atomic E-state index is 12.7. The monoisotopic (exact) mass is 719 g/mol. The van der Waals surface area contributed by atoms with Crippen LogP contribution in [0.15, 0.2) is 24.3 Å². The molecule has 0 aliphatic carbocycles. The summed E-state index contributed by atoms with van der Waals surface area (Å²) in [7, 11) is 0. The fourth-order valence-electron chi connectivity index (χ4n) is 6.18.